The standard InChI is InChI=1S/C20H23N3O3S/c1-14-7-5-6-8-17(14)19-22-18(26-23-19)13-21-27(24,25)16-11-9-15(10-12-16)20(2,3)4/h5-12,21H,13H2,1-4H3. The minimum absolute atomic E-state index is 0.0363. The fourth-order valence-electron chi connectivity index (χ4n) is 2.63. The first-order valence-corrected chi connectivity index (χ1v) is 10.1. The summed E-state index contributed by atoms with van der Waals surface area (Å²) in [6.07, 6.45) is 0. The minimum Gasteiger partial charge on any atom is -0.338 e. The van der Waals surface area contributed by atoms with Crippen molar-refractivity contribution >= 4 is 10.0 Å². The van der Waals surface area contributed by atoms with E-state index in [1.54, 1.807) is 12.1 Å². The molecule has 1 heterocycles. The number of rotatable bonds is 5. The maximum Gasteiger partial charge on any atom is 0.242 e. The fraction of sp³-hybridized carbons (Fsp3) is 0.300. The molecule has 0 aliphatic carbocycles. The van der Waals surface area contributed by atoms with E-state index in [1.807, 2.05) is 43.3 Å². The molecular weight excluding hydrogens is 362 g/mol. The zero-order valence-electron chi connectivity index (χ0n) is 15.9. The van der Waals surface area contributed by atoms with Crippen LogP contribution >= 0.6 is 0 Å². The second kappa shape index (κ2) is 7.25. The van der Waals surface area contributed by atoms with Crippen molar-refractivity contribution in [1.29, 1.82) is 0 Å². The van der Waals surface area contributed by atoms with Crippen LogP contribution in [0.25, 0.3) is 11.4 Å². The van der Waals surface area contributed by atoms with Crippen molar-refractivity contribution in [2.75, 3.05) is 0 Å². The van der Waals surface area contributed by atoms with Crippen molar-refractivity contribution in [1.82, 2.24) is 14.9 Å². The van der Waals surface area contributed by atoms with Crippen LogP contribution in [0.5, 0.6) is 0 Å². The first-order chi connectivity index (χ1) is 12.7. The van der Waals surface area contributed by atoms with Crippen LogP contribution in [0, 0.1) is 6.92 Å². The van der Waals surface area contributed by atoms with Crippen molar-refractivity contribution in [3.63, 3.8) is 0 Å². The number of nitrogens with zero attached hydrogens (tertiary/aromatic N) is 2. The third-order valence-electron chi connectivity index (χ3n) is 4.30. The van der Waals surface area contributed by atoms with Gasteiger partial charge in [-0.15, -0.1) is 0 Å². The zero-order chi connectivity index (χ0) is 19.7. The first kappa shape index (κ1) is 19.3. The summed E-state index contributed by atoms with van der Waals surface area (Å²) < 4.78 is 32.7. The third-order valence-corrected chi connectivity index (χ3v) is 5.72. The summed E-state index contributed by atoms with van der Waals surface area (Å²) in [7, 11) is -3.66. The van der Waals surface area contributed by atoms with Crippen LogP contribution in [0.2, 0.25) is 0 Å². The van der Waals surface area contributed by atoms with E-state index in [4.69, 9.17) is 4.52 Å². The number of aromatic nitrogens is 2. The molecule has 0 fully saturated rings. The maximum atomic E-state index is 12.5. The minimum atomic E-state index is -3.66. The highest BCUT2D eigenvalue weighted by atomic mass is 32.2. The van der Waals surface area contributed by atoms with Gasteiger partial charge in [0.2, 0.25) is 21.7 Å². The van der Waals surface area contributed by atoms with Gasteiger partial charge in [-0.05, 0) is 35.6 Å². The normalized spacial score (nSPS) is 12.3. The van der Waals surface area contributed by atoms with Gasteiger partial charge >= 0.3 is 0 Å². The molecule has 6 nitrogen and oxygen atoms in total. The molecule has 3 rings (SSSR count). The largest absolute Gasteiger partial charge is 0.338 e. The summed E-state index contributed by atoms with van der Waals surface area (Å²) in [4.78, 5) is 4.48. The van der Waals surface area contributed by atoms with E-state index in [-0.39, 0.29) is 22.7 Å². The molecule has 142 valence electrons. The Bertz CT molecular complexity index is 1030. The van der Waals surface area contributed by atoms with Crippen LogP contribution in [0.15, 0.2) is 57.9 Å². The van der Waals surface area contributed by atoms with Crippen LogP contribution in [0.3, 0.4) is 0 Å². The van der Waals surface area contributed by atoms with E-state index in [0.29, 0.717) is 5.82 Å². The molecule has 27 heavy (non-hydrogen) atoms. The van der Waals surface area contributed by atoms with Crippen molar-refractivity contribution in [3.8, 4) is 11.4 Å². The SMILES string of the molecule is Cc1ccccc1-c1noc(CNS(=O)(=O)c2ccc(C(C)(C)C)cc2)n1. The molecule has 0 atom stereocenters. The molecule has 0 aliphatic rings. The first-order valence-electron chi connectivity index (χ1n) is 8.65. The number of hydrogen-bond acceptors (Lipinski definition) is 5. The van der Waals surface area contributed by atoms with Crippen molar-refractivity contribution in [3.05, 3.63) is 65.5 Å². The van der Waals surface area contributed by atoms with Gasteiger partial charge in [-0.3, -0.25) is 0 Å². The molecule has 0 spiro atoms. The summed E-state index contributed by atoms with van der Waals surface area (Å²) in [5.74, 6) is 0.653. The van der Waals surface area contributed by atoms with Crippen LogP contribution in [-0.4, -0.2) is 18.6 Å². The zero-order valence-corrected chi connectivity index (χ0v) is 16.7. The summed E-state index contributed by atoms with van der Waals surface area (Å²) in [5, 5.41) is 3.94. The quantitative estimate of drug-likeness (QED) is 0.722. The summed E-state index contributed by atoms with van der Waals surface area (Å²) in [6.45, 7) is 8.13. The maximum absolute atomic E-state index is 12.5. The molecule has 1 aromatic heterocycles. The smallest absolute Gasteiger partial charge is 0.242 e. The molecule has 3 aromatic rings. The molecule has 0 radical (unpaired) electrons. The van der Waals surface area contributed by atoms with E-state index >= 15 is 0 Å². The topological polar surface area (TPSA) is 85.1 Å². The van der Waals surface area contributed by atoms with Crippen LogP contribution < -0.4 is 4.72 Å². The van der Waals surface area contributed by atoms with Gasteiger partial charge in [0, 0.05) is 5.56 Å². The Morgan fingerprint density at radius 3 is 2.33 bits per heavy atom. The van der Waals surface area contributed by atoms with Crippen molar-refractivity contribution in [2.45, 2.75) is 44.6 Å². The molecular formula is C20H23N3O3S. The highest BCUT2D eigenvalue weighted by Gasteiger charge is 2.19. The predicted octanol–water partition coefficient (Wildman–Crippen LogP) is 3.82. The molecule has 0 saturated heterocycles. The van der Waals surface area contributed by atoms with E-state index in [0.717, 1.165) is 16.7 Å². The molecule has 1 N–H and O–H groups in total. The van der Waals surface area contributed by atoms with Gasteiger partial charge in [0.25, 0.3) is 0 Å². The fourth-order valence-corrected chi connectivity index (χ4v) is 3.61. The second-order valence-corrected chi connectivity index (χ2v) is 9.19. The molecule has 7 heteroatoms. The Morgan fingerprint density at radius 1 is 1.04 bits per heavy atom. The van der Waals surface area contributed by atoms with E-state index in [2.05, 4.69) is 35.6 Å². The molecule has 2 aromatic carbocycles. The monoisotopic (exact) mass is 385 g/mol. The lowest BCUT2D eigenvalue weighted by atomic mass is 9.87. The van der Waals surface area contributed by atoms with Crippen molar-refractivity contribution < 1.29 is 12.9 Å². The Hall–Kier alpha value is -2.51. The van der Waals surface area contributed by atoms with Gasteiger partial charge in [-0.1, -0.05) is 62.3 Å². The lowest BCUT2D eigenvalue weighted by Crippen LogP contribution is -2.23. The number of sulfonamides is 1. The summed E-state index contributed by atoms with van der Waals surface area (Å²) in [5.41, 5.74) is 2.91. The van der Waals surface area contributed by atoms with Gasteiger partial charge in [0.15, 0.2) is 0 Å². The van der Waals surface area contributed by atoms with Gasteiger partial charge in [0.1, 0.15) is 0 Å². The summed E-state index contributed by atoms with van der Waals surface area (Å²) in [6, 6.07) is 14.5. The highest BCUT2D eigenvalue weighted by molar-refractivity contribution is 7.89. The van der Waals surface area contributed by atoms with Gasteiger partial charge in [-0.2, -0.15) is 4.98 Å². The molecule has 0 bridgehead atoms. The Balaban J connectivity index is 1.72. The lowest BCUT2D eigenvalue weighted by molar-refractivity contribution is 0.376. The highest BCUT2D eigenvalue weighted by Crippen LogP contribution is 2.23. The second-order valence-electron chi connectivity index (χ2n) is 7.43. The van der Waals surface area contributed by atoms with E-state index in [9.17, 15) is 8.42 Å². The van der Waals surface area contributed by atoms with E-state index in [1.165, 1.54) is 0 Å². The molecule has 0 saturated carbocycles. The van der Waals surface area contributed by atoms with Gasteiger partial charge in [-0.25, -0.2) is 13.1 Å². The Kier molecular flexibility index (Phi) is 5.17. The average molecular weight is 385 g/mol. The van der Waals surface area contributed by atoms with Crippen molar-refractivity contribution in [2.24, 2.45) is 0 Å². The lowest BCUT2D eigenvalue weighted by Gasteiger charge is -2.19. The van der Waals surface area contributed by atoms with Crippen LogP contribution in [-0.2, 0) is 22.0 Å². The van der Waals surface area contributed by atoms with E-state index < -0.39 is 10.0 Å². The number of hydrogen-bond donors (Lipinski definition) is 1. The number of benzene rings is 2. The average Bonchev–Trinajstić information content (AvgIpc) is 3.09. The van der Waals surface area contributed by atoms with Crippen LogP contribution in [0.4, 0.5) is 0 Å². The molecule has 0 aliphatic heterocycles. The molecule has 0 unspecified atom stereocenters. The number of aryl methyl sites for hydroxylation is 1. The Labute approximate surface area is 159 Å². The number of nitrogens with one attached hydrogen (secondary N) is 1. The van der Waals surface area contributed by atoms with Gasteiger partial charge < -0.3 is 4.52 Å². The molecule has 0 amide bonds. The van der Waals surface area contributed by atoms with Crippen LogP contribution in [0.1, 0.15) is 37.8 Å². The Morgan fingerprint density at radius 2 is 1.70 bits per heavy atom. The predicted molar refractivity (Wildman–Crippen MR) is 104 cm³/mol. The van der Waals surface area contributed by atoms with Gasteiger partial charge in [0.05, 0.1) is 11.4 Å². The summed E-state index contributed by atoms with van der Waals surface area (Å²) >= 11 is 0. The third kappa shape index (κ3) is 4.43.